The van der Waals surface area contributed by atoms with Crippen LogP contribution in [0.3, 0.4) is 0 Å². The highest BCUT2D eigenvalue weighted by Gasteiger charge is 2.31. The number of hydrogen-bond acceptors (Lipinski definition) is 5. The summed E-state index contributed by atoms with van der Waals surface area (Å²) in [6, 6.07) is 4.95. The van der Waals surface area contributed by atoms with Gasteiger partial charge in [0.25, 0.3) is 5.91 Å². The summed E-state index contributed by atoms with van der Waals surface area (Å²) in [7, 11) is 3.18. The lowest BCUT2D eigenvalue weighted by Crippen LogP contribution is -2.40. The first kappa shape index (κ1) is 21.0. The summed E-state index contributed by atoms with van der Waals surface area (Å²) in [6.45, 7) is 1.94. The average molecular weight is 434 g/mol. The number of nitrogens with one attached hydrogen (secondary N) is 1. The zero-order valence-electron chi connectivity index (χ0n) is 17.0. The molecule has 1 aliphatic rings. The fourth-order valence-electron chi connectivity index (χ4n) is 3.62. The van der Waals surface area contributed by atoms with Crippen LogP contribution in [-0.2, 0) is 18.0 Å². The van der Waals surface area contributed by atoms with Crippen molar-refractivity contribution in [2.75, 3.05) is 38.7 Å². The van der Waals surface area contributed by atoms with E-state index in [1.54, 1.807) is 28.8 Å². The number of methoxy groups -OCH3 is 1. The highest BCUT2D eigenvalue weighted by atomic mass is 19.4. The number of benzene rings is 1. The molecule has 4 rings (SSSR count). The summed E-state index contributed by atoms with van der Waals surface area (Å²) in [5, 5.41) is 3.56. The van der Waals surface area contributed by atoms with Gasteiger partial charge in [-0.05, 0) is 24.3 Å². The van der Waals surface area contributed by atoms with Gasteiger partial charge in [0.05, 0.1) is 42.7 Å². The predicted molar refractivity (Wildman–Crippen MR) is 109 cm³/mol. The quantitative estimate of drug-likeness (QED) is 0.676. The van der Waals surface area contributed by atoms with Crippen molar-refractivity contribution in [3.05, 3.63) is 47.8 Å². The van der Waals surface area contributed by atoms with Crippen molar-refractivity contribution in [1.29, 1.82) is 0 Å². The maximum Gasteiger partial charge on any atom is 0.416 e. The Balaban J connectivity index is 1.75. The van der Waals surface area contributed by atoms with Gasteiger partial charge in [0.1, 0.15) is 11.6 Å². The number of ether oxygens (including phenoxy) is 2. The molecule has 1 fully saturated rings. The fraction of sp³-hybridized carbons (Fsp3) is 0.333. The Morgan fingerprint density at radius 2 is 1.97 bits per heavy atom. The molecule has 0 radical (unpaired) electrons. The Morgan fingerprint density at radius 1 is 1.23 bits per heavy atom. The second kappa shape index (κ2) is 8.10. The summed E-state index contributed by atoms with van der Waals surface area (Å²) in [6.07, 6.45) is -1.27. The van der Waals surface area contributed by atoms with E-state index in [-0.39, 0.29) is 17.3 Å². The van der Waals surface area contributed by atoms with Crippen LogP contribution in [-0.4, -0.2) is 53.8 Å². The minimum atomic E-state index is -4.49. The van der Waals surface area contributed by atoms with Crippen molar-refractivity contribution in [3.63, 3.8) is 0 Å². The molecule has 1 amide bonds. The summed E-state index contributed by atoms with van der Waals surface area (Å²) in [4.78, 5) is 19.1. The van der Waals surface area contributed by atoms with E-state index in [9.17, 15) is 18.0 Å². The van der Waals surface area contributed by atoms with Crippen molar-refractivity contribution in [2.45, 2.75) is 6.18 Å². The van der Waals surface area contributed by atoms with Gasteiger partial charge in [0.2, 0.25) is 0 Å². The Kier molecular flexibility index (Phi) is 5.48. The fourth-order valence-corrected chi connectivity index (χ4v) is 3.62. The minimum Gasteiger partial charge on any atom is -0.495 e. The smallest absolute Gasteiger partial charge is 0.416 e. The van der Waals surface area contributed by atoms with Crippen molar-refractivity contribution in [3.8, 4) is 5.75 Å². The third-order valence-corrected chi connectivity index (χ3v) is 5.21. The molecule has 0 unspecified atom stereocenters. The van der Waals surface area contributed by atoms with E-state index in [2.05, 4.69) is 10.3 Å². The minimum absolute atomic E-state index is 0.127. The number of pyridine rings is 1. The molecule has 1 aromatic carbocycles. The van der Waals surface area contributed by atoms with Crippen molar-refractivity contribution < 1.29 is 27.4 Å². The number of anilines is 2. The molecule has 7 nitrogen and oxygen atoms in total. The highest BCUT2D eigenvalue weighted by Crippen LogP contribution is 2.37. The van der Waals surface area contributed by atoms with Gasteiger partial charge in [0.15, 0.2) is 0 Å². The van der Waals surface area contributed by atoms with E-state index in [0.29, 0.717) is 48.6 Å². The zero-order chi connectivity index (χ0) is 22.2. The molecule has 1 saturated heterocycles. The van der Waals surface area contributed by atoms with Gasteiger partial charge in [-0.2, -0.15) is 13.2 Å². The number of rotatable bonds is 4. The van der Waals surface area contributed by atoms with Gasteiger partial charge < -0.3 is 24.3 Å². The molecule has 2 aromatic heterocycles. The van der Waals surface area contributed by atoms with Gasteiger partial charge in [-0.15, -0.1) is 0 Å². The molecular weight excluding hydrogens is 413 g/mol. The number of morpholine rings is 1. The molecule has 164 valence electrons. The summed E-state index contributed by atoms with van der Waals surface area (Å²) in [5.74, 6) is 0.407. The number of aryl methyl sites for hydroxylation is 1. The second-order valence-corrected chi connectivity index (χ2v) is 7.15. The van der Waals surface area contributed by atoms with Gasteiger partial charge >= 0.3 is 6.18 Å². The predicted octanol–water partition coefficient (Wildman–Crippen LogP) is 3.82. The number of amides is 1. The van der Waals surface area contributed by atoms with Crippen LogP contribution in [0.5, 0.6) is 5.75 Å². The zero-order valence-corrected chi connectivity index (χ0v) is 17.0. The maximum atomic E-state index is 13.2. The molecular formula is C21H21F3N4O3. The van der Waals surface area contributed by atoms with E-state index in [0.717, 1.165) is 12.1 Å². The third-order valence-electron chi connectivity index (χ3n) is 5.21. The van der Waals surface area contributed by atoms with E-state index in [1.807, 2.05) is 0 Å². The molecule has 0 saturated carbocycles. The Morgan fingerprint density at radius 3 is 2.65 bits per heavy atom. The first-order chi connectivity index (χ1) is 14.8. The number of aromatic nitrogens is 2. The average Bonchev–Trinajstić information content (AvgIpc) is 3.15. The molecule has 0 spiro atoms. The molecule has 3 aromatic rings. The van der Waals surface area contributed by atoms with Crippen LogP contribution in [0.1, 0.15) is 15.9 Å². The van der Waals surface area contributed by atoms with Crippen LogP contribution >= 0.6 is 0 Å². The number of carbonyl (C=O) groups is 1. The highest BCUT2D eigenvalue weighted by molar-refractivity contribution is 6.08. The second-order valence-electron chi connectivity index (χ2n) is 7.15. The van der Waals surface area contributed by atoms with Crippen LogP contribution in [0.4, 0.5) is 24.7 Å². The molecule has 0 bridgehead atoms. The van der Waals surface area contributed by atoms with Crippen LogP contribution in [0.25, 0.3) is 10.9 Å². The van der Waals surface area contributed by atoms with Crippen LogP contribution in [0, 0.1) is 0 Å². The van der Waals surface area contributed by atoms with Crippen molar-refractivity contribution >= 4 is 28.3 Å². The van der Waals surface area contributed by atoms with Gasteiger partial charge in [-0.3, -0.25) is 4.79 Å². The van der Waals surface area contributed by atoms with Gasteiger partial charge in [-0.1, -0.05) is 0 Å². The number of hydrogen-bond donors (Lipinski definition) is 1. The molecule has 3 heterocycles. The number of fused-ring (bicyclic) bond motifs is 1. The topological polar surface area (TPSA) is 68.6 Å². The van der Waals surface area contributed by atoms with E-state index in [1.165, 1.54) is 19.4 Å². The van der Waals surface area contributed by atoms with E-state index >= 15 is 0 Å². The molecule has 0 aliphatic carbocycles. The van der Waals surface area contributed by atoms with E-state index < -0.39 is 11.7 Å². The van der Waals surface area contributed by atoms with E-state index in [4.69, 9.17) is 9.47 Å². The lowest BCUT2D eigenvalue weighted by Gasteiger charge is -2.27. The summed E-state index contributed by atoms with van der Waals surface area (Å²) >= 11 is 0. The largest absolute Gasteiger partial charge is 0.495 e. The number of carbonyl (C=O) groups excluding carboxylic acids is 1. The molecule has 10 heteroatoms. The molecule has 1 N–H and O–H groups in total. The monoisotopic (exact) mass is 434 g/mol. The summed E-state index contributed by atoms with van der Waals surface area (Å²) in [5.41, 5.74) is 0.382. The lowest BCUT2D eigenvalue weighted by atomic mass is 10.1. The number of halogens is 3. The number of nitrogens with zero attached hydrogens (tertiary/aromatic N) is 3. The Hall–Kier alpha value is -3.27. The first-order valence-corrected chi connectivity index (χ1v) is 9.63. The van der Waals surface area contributed by atoms with Crippen LogP contribution in [0.15, 0.2) is 36.7 Å². The van der Waals surface area contributed by atoms with Crippen LogP contribution < -0.4 is 10.1 Å². The normalized spacial score (nSPS) is 14.7. The molecule has 31 heavy (non-hydrogen) atoms. The van der Waals surface area contributed by atoms with Gasteiger partial charge in [0, 0.05) is 37.9 Å². The first-order valence-electron chi connectivity index (χ1n) is 9.63. The van der Waals surface area contributed by atoms with Crippen molar-refractivity contribution in [2.24, 2.45) is 7.05 Å². The summed E-state index contributed by atoms with van der Waals surface area (Å²) < 4.78 is 51.8. The standard InChI is InChI=1S/C21H21F3N4O3/c1-27-6-5-14-18(27)15(20(29)28-7-9-31-10-8-28)12-25-19(14)26-16-11-13(21(22,23)24)3-4-17(16)30-2/h3-6,11-12H,7-10H2,1-2H3,(H,25,26). The lowest BCUT2D eigenvalue weighted by molar-refractivity contribution is -0.137. The molecule has 1 aliphatic heterocycles. The Bertz CT molecular complexity index is 1120. The number of alkyl halides is 3. The third kappa shape index (κ3) is 4.02. The van der Waals surface area contributed by atoms with Gasteiger partial charge in [-0.25, -0.2) is 4.98 Å². The Labute approximate surface area is 176 Å². The SMILES string of the molecule is COc1ccc(C(F)(F)F)cc1Nc1ncc(C(=O)N2CCOCC2)c2c1ccn2C. The molecule has 0 atom stereocenters. The van der Waals surface area contributed by atoms with Crippen molar-refractivity contribution in [1.82, 2.24) is 14.5 Å². The maximum absolute atomic E-state index is 13.2. The van der Waals surface area contributed by atoms with Crippen LogP contribution in [0.2, 0.25) is 0 Å².